The van der Waals surface area contributed by atoms with Crippen molar-refractivity contribution < 1.29 is 13.5 Å². The third-order valence-corrected chi connectivity index (χ3v) is 8.53. The molecule has 6 aromatic rings. The molecule has 2 heterocycles. The minimum Gasteiger partial charge on any atom is -0.381 e. The fourth-order valence-corrected chi connectivity index (χ4v) is 6.42. The van der Waals surface area contributed by atoms with Crippen LogP contribution < -0.4 is 0 Å². The number of H-pyrrole nitrogens is 2. The van der Waals surface area contributed by atoms with E-state index >= 15 is 0 Å². The molecule has 228 valence electrons. The molecular formula is C38H36F2N4O. The van der Waals surface area contributed by atoms with E-state index in [9.17, 15) is 8.78 Å². The van der Waals surface area contributed by atoms with Gasteiger partial charge in [0.15, 0.2) is 0 Å². The van der Waals surface area contributed by atoms with E-state index in [0.29, 0.717) is 13.2 Å². The summed E-state index contributed by atoms with van der Waals surface area (Å²) in [6.07, 6.45) is 8.70. The maximum absolute atomic E-state index is 13.9. The lowest BCUT2D eigenvalue weighted by atomic mass is 9.77. The maximum Gasteiger partial charge on any atom is 0.123 e. The zero-order valence-corrected chi connectivity index (χ0v) is 24.9. The number of ether oxygens (including phenoxy) is 1. The summed E-state index contributed by atoms with van der Waals surface area (Å²) in [6.45, 7) is 1.03. The monoisotopic (exact) mass is 602 g/mol. The summed E-state index contributed by atoms with van der Waals surface area (Å²) in [4.78, 5) is 15.5. The molecule has 0 aliphatic heterocycles. The summed E-state index contributed by atoms with van der Waals surface area (Å²) in [5.74, 6) is -0.574. The number of aromatic amines is 2. The Morgan fingerprint density at radius 1 is 0.511 bits per heavy atom. The first-order chi connectivity index (χ1) is 22.2. The van der Waals surface area contributed by atoms with E-state index in [0.717, 1.165) is 46.5 Å². The van der Waals surface area contributed by atoms with Crippen LogP contribution in [0.25, 0.3) is 0 Å². The molecular weight excluding hydrogens is 566 g/mol. The average molecular weight is 603 g/mol. The summed E-state index contributed by atoms with van der Waals surface area (Å²) in [6, 6.07) is 34.1. The Morgan fingerprint density at radius 2 is 0.889 bits per heavy atom. The zero-order chi connectivity index (χ0) is 30.8. The van der Waals surface area contributed by atoms with Gasteiger partial charge in [0.1, 0.15) is 11.6 Å². The highest BCUT2D eigenvalue weighted by Gasteiger charge is 2.30. The number of hydrogen-bond acceptors (Lipinski definition) is 3. The molecule has 4 atom stereocenters. The fourth-order valence-electron chi connectivity index (χ4n) is 6.42. The lowest BCUT2D eigenvalue weighted by Gasteiger charge is -2.28. The van der Waals surface area contributed by atoms with Crippen molar-refractivity contribution in [2.75, 3.05) is 13.2 Å². The number of nitrogens with zero attached hydrogens (tertiary/aromatic N) is 2. The number of aromatic nitrogens is 4. The first kappa shape index (κ1) is 30.2. The summed E-state index contributed by atoms with van der Waals surface area (Å²) < 4.78 is 34.2. The number of imidazole rings is 2. The molecule has 45 heavy (non-hydrogen) atoms. The minimum atomic E-state index is -0.258. The Bertz CT molecular complexity index is 1560. The van der Waals surface area contributed by atoms with E-state index < -0.39 is 0 Å². The quantitative estimate of drug-likeness (QED) is 0.123. The van der Waals surface area contributed by atoms with E-state index in [1.807, 2.05) is 73.1 Å². The van der Waals surface area contributed by atoms with Crippen LogP contribution in [0.5, 0.6) is 0 Å². The van der Waals surface area contributed by atoms with Crippen LogP contribution in [0.1, 0.15) is 70.2 Å². The molecule has 4 unspecified atom stereocenters. The fraction of sp³-hybridized carbons (Fsp3) is 0.211. The lowest BCUT2D eigenvalue weighted by Crippen LogP contribution is -2.18. The van der Waals surface area contributed by atoms with Crippen molar-refractivity contribution in [2.45, 2.75) is 36.5 Å². The molecule has 0 aliphatic carbocycles. The topological polar surface area (TPSA) is 66.6 Å². The first-order valence-corrected chi connectivity index (χ1v) is 15.3. The van der Waals surface area contributed by atoms with Gasteiger partial charge in [0.2, 0.25) is 0 Å². The van der Waals surface area contributed by atoms with Crippen LogP contribution >= 0.6 is 0 Å². The standard InChI is InChI=1S/C38H36F2N4O/c39-31-15-11-29(12-16-31)37(27-7-3-1-4-8-27)33(35-23-41-25-43-35)19-21-45-22-20-34(36-24-42-26-44-36)38(28-9-5-2-6-10-28)30-13-17-32(40)18-14-30/h1-18,23-26,33-34,37-38H,19-22H2,(H,41,43)(H,42,44). The predicted octanol–water partition coefficient (Wildman–Crippen LogP) is 8.74. The van der Waals surface area contributed by atoms with Gasteiger partial charge in [-0.15, -0.1) is 0 Å². The second-order valence-electron chi connectivity index (χ2n) is 11.3. The van der Waals surface area contributed by atoms with Crippen LogP contribution in [0.2, 0.25) is 0 Å². The predicted molar refractivity (Wildman–Crippen MR) is 172 cm³/mol. The van der Waals surface area contributed by atoms with Gasteiger partial charge < -0.3 is 14.7 Å². The number of nitrogens with one attached hydrogen (secondary N) is 2. The van der Waals surface area contributed by atoms with Crippen molar-refractivity contribution >= 4 is 0 Å². The Balaban J connectivity index is 1.21. The van der Waals surface area contributed by atoms with Crippen LogP contribution in [-0.2, 0) is 4.74 Å². The maximum atomic E-state index is 13.9. The number of hydrogen-bond donors (Lipinski definition) is 2. The molecule has 2 aromatic heterocycles. The Hall–Kier alpha value is -4.88. The molecule has 2 N–H and O–H groups in total. The zero-order valence-electron chi connectivity index (χ0n) is 24.9. The van der Waals surface area contributed by atoms with Gasteiger partial charge in [0.05, 0.1) is 24.0 Å². The van der Waals surface area contributed by atoms with Gasteiger partial charge in [0.25, 0.3) is 0 Å². The largest absolute Gasteiger partial charge is 0.381 e. The molecule has 0 bridgehead atoms. The van der Waals surface area contributed by atoms with Crippen molar-refractivity contribution in [2.24, 2.45) is 0 Å². The van der Waals surface area contributed by atoms with Crippen molar-refractivity contribution in [3.8, 4) is 0 Å². The summed E-state index contributed by atoms with van der Waals surface area (Å²) in [7, 11) is 0. The van der Waals surface area contributed by atoms with Gasteiger partial charge in [-0.2, -0.15) is 0 Å². The van der Waals surface area contributed by atoms with Gasteiger partial charge in [-0.3, -0.25) is 0 Å². The highest BCUT2D eigenvalue weighted by molar-refractivity contribution is 5.38. The first-order valence-electron chi connectivity index (χ1n) is 15.3. The van der Waals surface area contributed by atoms with Crippen molar-refractivity contribution in [1.82, 2.24) is 19.9 Å². The molecule has 4 aromatic carbocycles. The molecule has 0 aliphatic rings. The van der Waals surface area contributed by atoms with Crippen molar-refractivity contribution in [1.29, 1.82) is 0 Å². The van der Waals surface area contributed by atoms with Crippen LogP contribution in [0.15, 0.2) is 134 Å². The minimum absolute atomic E-state index is 0.00234. The van der Waals surface area contributed by atoms with Crippen LogP contribution in [0, 0.1) is 11.6 Å². The van der Waals surface area contributed by atoms with Crippen LogP contribution in [-0.4, -0.2) is 33.1 Å². The van der Waals surface area contributed by atoms with E-state index in [1.54, 1.807) is 12.7 Å². The van der Waals surface area contributed by atoms with Gasteiger partial charge >= 0.3 is 0 Å². The Morgan fingerprint density at radius 3 is 1.24 bits per heavy atom. The third-order valence-electron chi connectivity index (χ3n) is 8.53. The van der Waals surface area contributed by atoms with Gasteiger partial charge in [-0.25, -0.2) is 18.7 Å². The highest BCUT2D eigenvalue weighted by Crippen LogP contribution is 2.41. The molecule has 0 saturated carbocycles. The highest BCUT2D eigenvalue weighted by atomic mass is 19.1. The van der Waals surface area contributed by atoms with Crippen molar-refractivity contribution in [3.05, 3.63) is 180 Å². The molecule has 0 radical (unpaired) electrons. The SMILES string of the molecule is Fc1ccc(C(c2ccccc2)C(CCOCCC(c2c[nH]cn2)C(c2ccccc2)c2ccc(F)cc2)c2c[nH]cn2)cc1. The van der Waals surface area contributed by atoms with Crippen molar-refractivity contribution in [3.63, 3.8) is 0 Å². The molecule has 5 nitrogen and oxygen atoms in total. The molecule has 0 saturated heterocycles. The second kappa shape index (κ2) is 14.7. The van der Waals surface area contributed by atoms with E-state index in [-0.39, 0.29) is 35.3 Å². The second-order valence-corrected chi connectivity index (χ2v) is 11.3. The third kappa shape index (κ3) is 7.44. The van der Waals surface area contributed by atoms with E-state index in [2.05, 4.69) is 44.2 Å². The van der Waals surface area contributed by atoms with Gasteiger partial charge in [-0.1, -0.05) is 84.9 Å². The number of halogens is 2. The molecule has 0 fully saturated rings. The summed E-state index contributed by atoms with van der Waals surface area (Å²) >= 11 is 0. The Kier molecular flexibility index (Phi) is 9.87. The molecule has 6 rings (SSSR count). The summed E-state index contributed by atoms with van der Waals surface area (Å²) in [5.41, 5.74) is 6.21. The van der Waals surface area contributed by atoms with E-state index in [4.69, 9.17) is 4.74 Å². The van der Waals surface area contributed by atoms with Crippen LogP contribution in [0.3, 0.4) is 0 Å². The van der Waals surface area contributed by atoms with Crippen LogP contribution in [0.4, 0.5) is 8.78 Å². The number of rotatable bonds is 14. The van der Waals surface area contributed by atoms with E-state index in [1.165, 1.54) is 24.3 Å². The molecule has 7 heteroatoms. The molecule has 0 amide bonds. The van der Waals surface area contributed by atoms with Gasteiger partial charge in [-0.05, 0) is 59.4 Å². The average Bonchev–Trinajstić information content (AvgIpc) is 3.82. The normalized spacial score (nSPS) is 14.1. The number of benzene rings is 4. The van der Waals surface area contributed by atoms with Gasteiger partial charge in [0, 0.05) is 49.3 Å². The Labute approximate surface area is 262 Å². The molecule has 0 spiro atoms. The smallest absolute Gasteiger partial charge is 0.123 e. The lowest BCUT2D eigenvalue weighted by molar-refractivity contribution is 0.117. The summed E-state index contributed by atoms with van der Waals surface area (Å²) in [5, 5.41) is 0.